The van der Waals surface area contributed by atoms with E-state index in [-0.39, 0.29) is 6.61 Å². The van der Waals surface area contributed by atoms with Gasteiger partial charge in [0.05, 0.1) is 39.6 Å². The Morgan fingerprint density at radius 3 is 1.94 bits per heavy atom. The number of primary amides is 1. The summed E-state index contributed by atoms with van der Waals surface area (Å²) in [6.07, 6.45) is -1.07. The Balaban J connectivity index is 3.06. The summed E-state index contributed by atoms with van der Waals surface area (Å²) in [5.41, 5.74) is 10.1. The van der Waals surface area contributed by atoms with E-state index in [1.54, 1.807) is 0 Å². The van der Waals surface area contributed by atoms with Crippen LogP contribution >= 0.6 is 0 Å². The van der Waals surface area contributed by atoms with Crippen LogP contribution in [0.25, 0.3) is 0 Å². The highest BCUT2D eigenvalue weighted by molar-refractivity contribution is 5.78. The molecule has 0 aliphatic heterocycles. The predicted octanol–water partition coefficient (Wildman–Crippen LogP) is -1.16. The molecular formula is C10H22N2O5. The van der Waals surface area contributed by atoms with Gasteiger partial charge in [-0.3, -0.25) is 10.5 Å². The van der Waals surface area contributed by atoms with Crippen LogP contribution in [0, 0.1) is 0 Å². The first-order valence-corrected chi connectivity index (χ1v) is 5.58. The summed E-state index contributed by atoms with van der Waals surface area (Å²) >= 11 is 0. The number of carbonyl (C=O) groups excluding carboxylic acids is 1. The Bertz CT molecular complexity index is 192. The van der Waals surface area contributed by atoms with E-state index in [1.807, 2.05) is 6.92 Å². The van der Waals surface area contributed by atoms with Gasteiger partial charge < -0.3 is 24.7 Å². The molecule has 102 valence electrons. The summed E-state index contributed by atoms with van der Waals surface area (Å²) in [6, 6.07) is 0. The van der Waals surface area contributed by atoms with Gasteiger partial charge in [-0.2, -0.15) is 0 Å². The zero-order valence-electron chi connectivity index (χ0n) is 10.2. The molecule has 0 aliphatic rings. The summed E-state index contributed by atoms with van der Waals surface area (Å²) in [6.45, 7) is 5.29. The Hall–Kier alpha value is -0.730. The van der Waals surface area contributed by atoms with Gasteiger partial charge in [0.1, 0.15) is 0 Å². The molecule has 0 spiro atoms. The highest BCUT2D eigenvalue weighted by Gasteiger charge is 2.07. The van der Waals surface area contributed by atoms with E-state index in [0.29, 0.717) is 39.6 Å². The van der Waals surface area contributed by atoms with Crippen LogP contribution in [0.4, 0.5) is 0 Å². The number of amides is 1. The van der Waals surface area contributed by atoms with Gasteiger partial charge in [0.15, 0.2) is 6.23 Å². The molecule has 7 nitrogen and oxygen atoms in total. The fourth-order valence-electron chi connectivity index (χ4n) is 0.900. The third kappa shape index (κ3) is 11.5. The standard InChI is InChI=1S/C10H22N2O5/c1-2-14-3-4-15-5-6-16-7-8-17-10(12)9(11)13/h10H,2-8,12H2,1H3,(H2,11,13). The minimum absolute atomic E-state index is 0.225. The van der Waals surface area contributed by atoms with Crippen LogP contribution in [0.2, 0.25) is 0 Å². The normalized spacial score (nSPS) is 12.6. The molecule has 0 aliphatic carbocycles. The van der Waals surface area contributed by atoms with E-state index >= 15 is 0 Å². The Morgan fingerprint density at radius 1 is 1.00 bits per heavy atom. The molecule has 0 aromatic heterocycles. The van der Waals surface area contributed by atoms with Crippen molar-refractivity contribution < 1.29 is 23.7 Å². The molecule has 4 N–H and O–H groups in total. The van der Waals surface area contributed by atoms with Crippen molar-refractivity contribution in [3.63, 3.8) is 0 Å². The molecule has 0 aromatic rings. The topological polar surface area (TPSA) is 106 Å². The van der Waals surface area contributed by atoms with E-state index in [1.165, 1.54) is 0 Å². The van der Waals surface area contributed by atoms with Gasteiger partial charge in [-0.15, -0.1) is 0 Å². The molecule has 0 fully saturated rings. The monoisotopic (exact) mass is 250 g/mol. The smallest absolute Gasteiger partial charge is 0.261 e. The SMILES string of the molecule is CCOCCOCCOCCOC(N)C(N)=O. The minimum atomic E-state index is -1.07. The third-order valence-corrected chi connectivity index (χ3v) is 1.75. The largest absolute Gasteiger partial charge is 0.379 e. The van der Waals surface area contributed by atoms with Gasteiger partial charge in [0, 0.05) is 6.61 Å². The molecule has 0 saturated carbocycles. The van der Waals surface area contributed by atoms with Crippen LogP contribution in [0.3, 0.4) is 0 Å². The average molecular weight is 250 g/mol. The number of hydrogen-bond donors (Lipinski definition) is 2. The number of ether oxygens (including phenoxy) is 4. The van der Waals surface area contributed by atoms with E-state index in [9.17, 15) is 4.79 Å². The third-order valence-electron chi connectivity index (χ3n) is 1.75. The Labute approximate surface area is 101 Å². The van der Waals surface area contributed by atoms with Crippen molar-refractivity contribution in [3.8, 4) is 0 Å². The van der Waals surface area contributed by atoms with Crippen LogP contribution < -0.4 is 11.5 Å². The lowest BCUT2D eigenvalue weighted by atomic mass is 10.5. The van der Waals surface area contributed by atoms with Crippen molar-refractivity contribution in [3.05, 3.63) is 0 Å². The van der Waals surface area contributed by atoms with Crippen molar-refractivity contribution >= 4 is 5.91 Å². The molecule has 1 atom stereocenters. The number of rotatable bonds is 12. The maximum atomic E-state index is 10.5. The van der Waals surface area contributed by atoms with Crippen molar-refractivity contribution in [1.82, 2.24) is 0 Å². The van der Waals surface area contributed by atoms with Crippen molar-refractivity contribution in [2.45, 2.75) is 13.2 Å². The molecule has 1 amide bonds. The maximum Gasteiger partial charge on any atom is 0.261 e. The average Bonchev–Trinajstić information content (AvgIpc) is 2.31. The number of hydrogen-bond acceptors (Lipinski definition) is 6. The number of carbonyl (C=O) groups is 1. The molecule has 17 heavy (non-hydrogen) atoms. The first kappa shape index (κ1) is 16.3. The summed E-state index contributed by atoms with van der Waals surface area (Å²) < 4.78 is 20.3. The summed E-state index contributed by atoms with van der Waals surface area (Å²) in [5.74, 6) is -0.691. The van der Waals surface area contributed by atoms with Crippen LogP contribution in [0.1, 0.15) is 6.92 Å². The fourth-order valence-corrected chi connectivity index (χ4v) is 0.900. The molecule has 0 radical (unpaired) electrons. The fraction of sp³-hybridized carbons (Fsp3) is 0.900. The van der Waals surface area contributed by atoms with Gasteiger partial charge in [-0.1, -0.05) is 0 Å². The van der Waals surface area contributed by atoms with E-state index in [4.69, 9.17) is 30.4 Å². The van der Waals surface area contributed by atoms with E-state index in [0.717, 1.165) is 0 Å². The zero-order chi connectivity index (χ0) is 12.9. The second-order valence-corrected chi connectivity index (χ2v) is 3.12. The molecule has 0 heterocycles. The van der Waals surface area contributed by atoms with Crippen LogP contribution in [0.15, 0.2) is 0 Å². The van der Waals surface area contributed by atoms with Gasteiger partial charge in [-0.25, -0.2) is 0 Å². The summed E-state index contributed by atoms with van der Waals surface area (Å²) in [7, 11) is 0. The van der Waals surface area contributed by atoms with Crippen LogP contribution in [0.5, 0.6) is 0 Å². The Kier molecular flexibility index (Phi) is 11.2. The maximum absolute atomic E-state index is 10.5. The second-order valence-electron chi connectivity index (χ2n) is 3.12. The highest BCUT2D eigenvalue weighted by atomic mass is 16.6. The Morgan fingerprint density at radius 2 is 1.47 bits per heavy atom. The second kappa shape index (κ2) is 11.7. The van der Waals surface area contributed by atoms with Gasteiger partial charge in [0.2, 0.25) is 0 Å². The summed E-state index contributed by atoms with van der Waals surface area (Å²) in [5, 5.41) is 0. The van der Waals surface area contributed by atoms with Gasteiger partial charge >= 0.3 is 0 Å². The van der Waals surface area contributed by atoms with Gasteiger partial charge in [-0.05, 0) is 6.92 Å². The lowest BCUT2D eigenvalue weighted by Gasteiger charge is -2.09. The highest BCUT2D eigenvalue weighted by Crippen LogP contribution is 1.84. The molecule has 0 aromatic carbocycles. The van der Waals surface area contributed by atoms with E-state index in [2.05, 4.69) is 0 Å². The molecule has 1 unspecified atom stereocenters. The first-order chi connectivity index (χ1) is 8.18. The summed E-state index contributed by atoms with van der Waals surface area (Å²) in [4.78, 5) is 10.5. The first-order valence-electron chi connectivity index (χ1n) is 5.58. The van der Waals surface area contributed by atoms with Crippen molar-refractivity contribution in [2.24, 2.45) is 11.5 Å². The predicted molar refractivity (Wildman–Crippen MR) is 61.3 cm³/mol. The number of nitrogens with two attached hydrogens (primary N) is 2. The molecular weight excluding hydrogens is 228 g/mol. The molecule has 7 heteroatoms. The van der Waals surface area contributed by atoms with Crippen molar-refractivity contribution in [2.75, 3.05) is 46.2 Å². The zero-order valence-corrected chi connectivity index (χ0v) is 10.2. The molecule has 0 bridgehead atoms. The van der Waals surface area contributed by atoms with Crippen molar-refractivity contribution in [1.29, 1.82) is 0 Å². The van der Waals surface area contributed by atoms with Gasteiger partial charge in [0.25, 0.3) is 5.91 Å². The van der Waals surface area contributed by atoms with Crippen LogP contribution in [-0.4, -0.2) is 58.4 Å². The molecule has 0 rings (SSSR count). The van der Waals surface area contributed by atoms with Crippen LogP contribution in [-0.2, 0) is 23.7 Å². The quantitative estimate of drug-likeness (QED) is 0.334. The molecule has 0 saturated heterocycles. The lowest BCUT2D eigenvalue weighted by molar-refractivity contribution is -0.130. The van der Waals surface area contributed by atoms with E-state index < -0.39 is 12.1 Å². The lowest BCUT2D eigenvalue weighted by Crippen LogP contribution is -2.39. The minimum Gasteiger partial charge on any atom is -0.379 e.